The van der Waals surface area contributed by atoms with E-state index in [0.29, 0.717) is 6.54 Å². The van der Waals surface area contributed by atoms with E-state index in [1.165, 1.54) is 11.3 Å². The number of nitrogens with zero attached hydrogens (tertiary/aromatic N) is 3. The minimum atomic E-state index is -0.533. The van der Waals surface area contributed by atoms with Crippen LogP contribution in [0.25, 0.3) is 0 Å². The van der Waals surface area contributed by atoms with Crippen LogP contribution in [-0.2, 0) is 6.54 Å². The molecule has 7 heteroatoms. The van der Waals surface area contributed by atoms with Crippen LogP contribution in [0.1, 0.15) is 5.69 Å². The van der Waals surface area contributed by atoms with Crippen LogP contribution in [0.15, 0.2) is 17.1 Å². The Balaban J connectivity index is 2.07. The van der Waals surface area contributed by atoms with Gasteiger partial charge in [-0.05, 0) is 11.6 Å². The average Bonchev–Trinajstić information content (AvgIpc) is 2.72. The largest absolute Gasteiger partial charge is 0.362 e. The summed E-state index contributed by atoms with van der Waals surface area (Å²) in [6.07, 6.45) is 1.03. The summed E-state index contributed by atoms with van der Waals surface area (Å²) in [5.74, 6) is -0.447. The molecule has 2 aromatic heterocycles. The Kier molecular flexibility index (Phi) is 3.08. The van der Waals surface area contributed by atoms with Gasteiger partial charge in [0.2, 0.25) is 5.28 Å². The lowest BCUT2D eigenvalue weighted by atomic mass is 10.4. The number of anilines is 1. The van der Waals surface area contributed by atoms with Gasteiger partial charge >= 0.3 is 0 Å². The number of nitrogens with one attached hydrogen (secondary N) is 1. The number of aromatic nitrogens is 3. The maximum absolute atomic E-state index is 13.1. The number of hydrogen-bond donors (Lipinski definition) is 1. The minimum absolute atomic E-state index is 0.0113. The predicted octanol–water partition coefficient (Wildman–Crippen LogP) is 2.34. The average molecular weight is 245 g/mol. The van der Waals surface area contributed by atoms with Crippen LogP contribution in [0.3, 0.4) is 0 Å². The first-order chi connectivity index (χ1) is 7.25. The summed E-state index contributed by atoms with van der Waals surface area (Å²) < 4.78 is 13.1. The fraction of sp³-hybridized carbons (Fsp3) is 0.125. The van der Waals surface area contributed by atoms with Gasteiger partial charge in [0.15, 0.2) is 11.6 Å². The van der Waals surface area contributed by atoms with E-state index in [1.807, 2.05) is 5.38 Å². The Hall–Kier alpha value is -1.27. The normalized spacial score (nSPS) is 10.3. The molecule has 2 heterocycles. The third kappa shape index (κ3) is 2.60. The van der Waals surface area contributed by atoms with Crippen LogP contribution in [0.2, 0.25) is 5.28 Å². The topological polar surface area (TPSA) is 50.7 Å². The Bertz CT molecular complexity index is 448. The number of thiazole rings is 1. The van der Waals surface area contributed by atoms with E-state index in [9.17, 15) is 4.39 Å². The zero-order valence-electron chi connectivity index (χ0n) is 7.44. The van der Waals surface area contributed by atoms with Crippen LogP contribution < -0.4 is 5.32 Å². The molecule has 0 aliphatic heterocycles. The quantitative estimate of drug-likeness (QED) is 0.842. The summed E-state index contributed by atoms with van der Waals surface area (Å²) in [5, 5.41) is 4.67. The van der Waals surface area contributed by atoms with Crippen LogP contribution >= 0.6 is 22.9 Å². The van der Waals surface area contributed by atoms with Crippen molar-refractivity contribution in [3.63, 3.8) is 0 Å². The van der Waals surface area contributed by atoms with Gasteiger partial charge in [-0.25, -0.2) is 14.4 Å². The molecule has 15 heavy (non-hydrogen) atoms. The second-order valence-electron chi connectivity index (χ2n) is 2.67. The van der Waals surface area contributed by atoms with Crippen molar-refractivity contribution in [2.75, 3.05) is 5.32 Å². The number of hydrogen-bond acceptors (Lipinski definition) is 5. The molecule has 0 atom stereocenters. The van der Waals surface area contributed by atoms with Crippen molar-refractivity contribution in [2.45, 2.75) is 6.54 Å². The lowest BCUT2D eigenvalue weighted by Gasteiger charge is -2.03. The molecule has 0 aliphatic carbocycles. The SMILES string of the molecule is Fc1cnc(Cl)nc1NCc1cscn1. The Labute approximate surface area is 94.2 Å². The molecule has 0 aromatic carbocycles. The molecule has 0 fully saturated rings. The van der Waals surface area contributed by atoms with E-state index in [0.717, 1.165) is 11.9 Å². The van der Waals surface area contributed by atoms with Gasteiger partial charge in [-0.1, -0.05) is 0 Å². The second kappa shape index (κ2) is 4.50. The highest BCUT2D eigenvalue weighted by Crippen LogP contribution is 2.13. The lowest BCUT2D eigenvalue weighted by Crippen LogP contribution is -2.04. The van der Waals surface area contributed by atoms with Gasteiger partial charge in [-0.3, -0.25) is 0 Å². The molecule has 2 rings (SSSR count). The highest BCUT2D eigenvalue weighted by atomic mass is 35.5. The number of rotatable bonds is 3. The van der Waals surface area contributed by atoms with E-state index in [1.54, 1.807) is 5.51 Å². The first kappa shape index (κ1) is 10.3. The summed E-state index contributed by atoms with van der Waals surface area (Å²) in [6, 6.07) is 0. The highest BCUT2D eigenvalue weighted by Gasteiger charge is 2.05. The van der Waals surface area contributed by atoms with Crippen molar-refractivity contribution in [1.82, 2.24) is 15.0 Å². The van der Waals surface area contributed by atoms with Gasteiger partial charge < -0.3 is 5.32 Å². The first-order valence-corrected chi connectivity index (χ1v) is 5.37. The number of halogens is 2. The fourth-order valence-corrected chi connectivity index (χ4v) is 1.66. The van der Waals surface area contributed by atoms with E-state index in [2.05, 4.69) is 20.3 Å². The predicted molar refractivity (Wildman–Crippen MR) is 56.4 cm³/mol. The maximum atomic E-state index is 13.1. The van der Waals surface area contributed by atoms with Crippen molar-refractivity contribution >= 4 is 28.8 Å². The molecule has 4 nitrogen and oxygen atoms in total. The van der Waals surface area contributed by atoms with Gasteiger partial charge in [0, 0.05) is 5.38 Å². The summed E-state index contributed by atoms with van der Waals surface area (Å²) in [7, 11) is 0. The third-order valence-electron chi connectivity index (χ3n) is 1.64. The van der Waals surface area contributed by atoms with Crippen molar-refractivity contribution in [3.05, 3.63) is 33.9 Å². The van der Waals surface area contributed by atoms with Gasteiger partial charge in [-0.15, -0.1) is 11.3 Å². The molecule has 78 valence electrons. The van der Waals surface area contributed by atoms with Gasteiger partial charge in [0.25, 0.3) is 0 Å². The summed E-state index contributed by atoms with van der Waals surface area (Å²) in [4.78, 5) is 11.3. The standard InChI is InChI=1S/C8H6ClFN4S/c9-8-12-2-6(10)7(14-8)11-1-5-3-15-4-13-5/h2-4H,1H2,(H,11,12,14). The van der Waals surface area contributed by atoms with E-state index < -0.39 is 5.82 Å². The molecular formula is C8H6ClFN4S. The van der Waals surface area contributed by atoms with E-state index in [4.69, 9.17) is 11.6 Å². The van der Waals surface area contributed by atoms with Crippen molar-refractivity contribution in [2.24, 2.45) is 0 Å². The maximum Gasteiger partial charge on any atom is 0.224 e. The van der Waals surface area contributed by atoms with Crippen LogP contribution in [-0.4, -0.2) is 15.0 Å². The summed E-state index contributed by atoms with van der Waals surface area (Å²) in [6.45, 7) is 0.410. The summed E-state index contributed by atoms with van der Waals surface area (Å²) >= 11 is 7.01. The highest BCUT2D eigenvalue weighted by molar-refractivity contribution is 7.07. The Morgan fingerprint density at radius 1 is 1.47 bits per heavy atom. The second-order valence-corrected chi connectivity index (χ2v) is 3.73. The molecule has 0 amide bonds. The minimum Gasteiger partial charge on any atom is -0.362 e. The van der Waals surface area contributed by atoms with Crippen LogP contribution in [0.5, 0.6) is 0 Å². The first-order valence-electron chi connectivity index (χ1n) is 4.04. The molecule has 0 unspecified atom stereocenters. The van der Waals surface area contributed by atoms with Crippen LogP contribution in [0.4, 0.5) is 10.2 Å². The zero-order valence-corrected chi connectivity index (χ0v) is 9.02. The van der Waals surface area contributed by atoms with E-state index >= 15 is 0 Å². The van der Waals surface area contributed by atoms with Gasteiger partial charge in [-0.2, -0.15) is 4.98 Å². The fourth-order valence-electron chi connectivity index (χ4n) is 0.969. The third-order valence-corrected chi connectivity index (χ3v) is 2.45. The smallest absolute Gasteiger partial charge is 0.224 e. The van der Waals surface area contributed by atoms with Crippen molar-refractivity contribution < 1.29 is 4.39 Å². The molecule has 0 radical (unpaired) electrons. The van der Waals surface area contributed by atoms with E-state index in [-0.39, 0.29) is 11.1 Å². The van der Waals surface area contributed by atoms with Gasteiger partial charge in [0.1, 0.15) is 0 Å². The molecule has 0 aliphatic rings. The molecular weight excluding hydrogens is 239 g/mol. The lowest BCUT2D eigenvalue weighted by molar-refractivity contribution is 0.616. The Morgan fingerprint density at radius 2 is 2.33 bits per heavy atom. The molecule has 1 N–H and O–H groups in total. The molecule has 0 spiro atoms. The molecule has 0 saturated heterocycles. The molecule has 2 aromatic rings. The van der Waals surface area contributed by atoms with Crippen LogP contribution in [0, 0.1) is 5.82 Å². The zero-order chi connectivity index (χ0) is 10.7. The van der Waals surface area contributed by atoms with Crippen molar-refractivity contribution in [3.8, 4) is 0 Å². The Morgan fingerprint density at radius 3 is 3.07 bits per heavy atom. The molecule has 0 bridgehead atoms. The van der Waals surface area contributed by atoms with Crippen molar-refractivity contribution in [1.29, 1.82) is 0 Å². The summed E-state index contributed by atoms with van der Waals surface area (Å²) in [5.41, 5.74) is 2.54. The van der Waals surface area contributed by atoms with Gasteiger partial charge in [0.05, 0.1) is 23.9 Å². The molecule has 0 saturated carbocycles. The monoisotopic (exact) mass is 244 g/mol.